The van der Waals surface area contributed by atoms with E-state index in [1.54, 1.807) is 0 Å². The summed E-state index contributed by atoms with van der Waals surface area (Å²) >= 11 is 0. The summed E-state index contributed by atoms with van der Waals surface area (Å²) < 4.78 is 0. The Morgan fingerprint density at radius 2 is 1.31 bits per heavy atom. The average molecular weight is 218 g/mol. The molecule has 4 aliphatic rings. The van der Waals surface area contributed by atoms with E-state index in [9.17, 15) is 0 Å². The lowest BCUT2D eigenvalue weighted by molar-refractivity contribution is 0.124. The number of nitrogens with zero attached hydrogens (tertiary/aromatic N) is 2. The third kappa shape index (κ3) is 0.698. The lowest BCUT2D eigenvalue weighted by Gasteiger charge is -2.41. The van der Waals surface area contributed by atoms with Crippen molar-refractivity contribution in [3.63, 3.8) is 0 Å². The van der Waals surface area contributed by atoms with Crippen LogP contribution in [-0.4, -0.2) is 11.1 Å². The average Bonchev–Trinajstić information content (AvgIpc) is 2.96. The van der Waals surface area contributed by atoms with Crippen LogP contribution in [0.15, 0.2) is 10.2 Å². The van der Waals surface area contributed by atoms with E-state index in [0.717, 1.165) is 11.8 Å². The Kier molecular flexibility index (Phi) is 1.53. The Bertz CT molecular complexity index is 341. The molecule has 1 heterocycles. The van der Waals surface area contributed by atoms with Crippen molar-refractivity contribution in [2.45, 2.75) is 69.9 Å². The number of hydrogen-bond donors (Lipinski definition) is 0. The number of fused-ring (bicyclic) bond motifs is 3. The molecule has 2 bridgehead atoms. The van der Waals surface area contributed by atoms with Gasteiger partial charge in [0.1, 0.15) is 0 Å². The minimum Gasteiger partial charge on any atom is -0.186 e. The third-order valence-electron chi connectivity index (χ3n) is 6.82. The van der Waals surface area contributed by atoms with E-state index >= 15 is 0 Å². The maximum absolute atomic E-state index is 4.81. The summed E-state index contributed by atoms with van der Waals surface area (Å²) in [6, 6.07) is 0. The first-order valence-corrected chi connectivity index (χ1v) is 7.08. The quantitative estimate of drug-likeness (QED) is 0.588. The van der Waals surface area contributed by atoms with Gasteiger partial charge in [0.05, 0.1) is 11.1 Å². The van der Waals surface area contributed by atoms with Crippen molar-refractivity contribution in [2.75, 3.05) is 0 Å². The molecule has 4 atom stereocenters. The second kappa shape index (κ2) is 2.54. The lowest BCUT2D eigenvalue weighted by atomic mass is 9.63. The highest BCUT2D eigenvalue weighted by molar-refractivity contribution is 5.30. The summed E-state index contributed by atoms with van der Waals surface area (Å²) in [7, 11) is 0. The maximum Gasteiger partial charge on any atom is 0.0899 e. The lowest BCUT2D eigenvalue weighted by Crippen LogP contribution is -2.47. The van der Waals surface area contributed by atoms with Gasteiger partial charge in [0.2, 0.25) is 0 Å². The van der Waals surface area contributed by atoms with E-state index in [2.05, 4.69) is 13.8 Å². The van der Waals surface area contributed by atoms with Crippen molar-refractivity contribution >= 4 is 0 Å². The van der Waals surface area contributed by atoms with Gasteiger partial charge in [-0.05, 0) is 51.4 Å². The Morgan fingerprint density at radius 1 is 0.812 bits per heavy atom. The Morgan fingerprint density at radius 3 is 1.81 bits per heavy atom. The van der Waals surface area contributed by atoms with Crippen molar-refractivity contribution < 1.29 is 0 Å². The molecule has 3 fully saturated rings. The molecule has 1 spiro atoms. The second-order valence-corrected chi connectivity index (χ2v) is 6.93. The summed E-state index contributed by atoms with van der Waals surface area (Å²) in [6.07, 6.45) is 9.85. The van der Waals surface area contributed by atoms with E-state index in [0.29, 0.717) is 5.41 Å². The van der Waals surface area contributed by atoms with Gasteiger partial charge < -0.3 is 0 Å². The molecule has 88 valence electrons. The maximum atomic E-state index is 4.81. The summed E-state index contributed by atoms with van der Waals surface area (Å²) in [5.41, 5.74) is 0.870. The van der Waals surface area contributed by atoms with Gasteiger partial charge in [-0.3, -0.25) is 0 Å². The molecule has 2 nitrogen and oxygen atoms in total. The van der Waals surface area contributed by atoms with Crippen LogP contribution < -0.4 is 0 Å². The van der Waals surface area contributed by atoms with Crippen molar-refractivity contribution in [1.82, 2.24) is 0 Å². The van der Waals surface area contributed by atoms with Gasteiger partial charge >= 0.3 is 0 Å². The minimum atomic E-state index is 0.208. The highest BCUT2D eigenvalue weighted by atomic mass is 15.3. The van der Waals surface area contributed by atoms with Crippen LogP contribution in [0.1, 0.15) is 58.8 Å². The molecule has 4 rings (SSSR count). The zero-order valence-corrected chi connectivity index (χ0v) is 10.5. The molecule has 0 saturated heterocycles. The molecule has 0 amide bonds. The predicted octanol–water partition coefficient (Wildman–Crippen LogP) is 3.96. The zero-order chi connectivity index (χ0) is 11.0. The molecule has 0 N–H and O–H groups in total. The Labute approximate surface area is 97.9 Å². The molecule has 16 heavy (non-hydrogen) atoms. The molecule has 0 aromatic rings. The van der Waals surface area contributed by atoms with E-state index in [1.807, 2.05) is 0 Å². The first-order chi connectivity index (χ1) is 7.64. The van der Waals surface area contributed by atoms with Crippen LogP contribution in [0, 0.1) is 17.3 Å². The molecule has 0 unspecified atom stereocenters. The topological polar surface area (TPSA) is 24.7 Å². The van der Waals surface area contributed by atoms with Gasteiger partial charge in [-0.1, -0.05) is 19.3 Å². The van der Waals surface area contributed by atoms with Gasteiger partial charge in [0.25, 0.3) is 0 Å². The summed E-state index contributed by atoms with van der Waals surface area (Å²) in [6.45, 7) is 4.87. The molecular weight excluding hydrogens is 196 g/mol. The fourth-order valence-electron chi connectivity index (χ4n) is 6.07. The molecular formula is C14H22N2. The number of azo groups is 1. The summed E-state index contributed by atoms with van der Waals surface area (Å²) in [5, 5.41) is 9.62. The SMILES string of the molecule is C[C@]12N=N[C@](C)([C@@H]3CCC[C@@H]31)C21CCCC1. The van der Waals surface area contributed by atoms with Gasteiger partial charge in [-0.25, -0.2) is 0 Å². The minimum absolute atomic E-state index is 0.208. The zero-order valence-electron chi connectivity index (χ0n) is 10.5. The van der Waals surface area contributed by atoms with Crippen molar-refractivity contribution in [1.29, 1.82) is 0 Å². The first-order valence-electron chi connectivity index (χ1n) is 7.08. The van der Waals surface area contributed by atoms with E-state index in [4.69, 9.17) is 10.2 Å². The van der Waals surface area contributed by atoms with Crippen LogP contribution in [0.2, 0.25) is 0 Å². The third-order valence-corrected chi connectivity index (χ3v) is 6.82. The van der Waals surface area contributed by atoms with Crippen LogP contribution >= 0.6 is 0 Å². The van der Waals surface area contributed by atoms with E-state index in [-0.39, 0.29) is 11.1 Å². The molecule has 1 aliphatic heterocycles. The second-order valence-electron chi connectivity index (χ2n) is 6.93. The Balaban J connectivity index is 1.92. The van der Waals surface area contributed by atoms with Crippen LogP contribution in [0.25, 0.3) is 0 Å². The summed E-state index contributed by atoms with van der Waals surface area (Å²) in [5.74, 6) is 1.71. The highest BCUT2D eigenvalue weighted by Gasteiger charge is 2.77. The van der Waals surface area contributed by atoms with E-state index < -0.39 is 0 Å². The highest BCUT2D eigenvalue weighted by Crippen LogP contribution is 2.74. The van der Waals surface area contributed by atoms with Crippen LogP contribution in [0.3, 0.4) is 0 Å². The molecule has 0 aromatic heterocycles. The first kappa shape index (κ1) is 9.61. The van der Waals surface area contributed by atoms with Crippen molar-refractivity contribution in [3.05, 3.63) is 0 Å². The predicted molar refractivity (Wildman–Crippen MR) is 63.4 cm³/mol. The van der Waals surface area contributed by atoms with Gasteiger partial charge in [0, 0.05) is 5.41 Å². The molecule has 0 aromatic carbocycles. The monoisotopic (exact) mass is 218 g/mol. The molecule has 3 saturated carbocycles. The van der Waals surface area contributed by atoms with Crippen LogP contribution in [-0.2, 0) is 0 Å². The van der Waals surface area contributed by atoms with Crippen LogP contribution in [0.5, 0.6) is 0 Å². The smallest absolute Gasteiger partial charge is 0.0899 e. The Hall–Kier alpha value is -0.400. The normalized spacial score (nSPS) is 56.4. The molecule has 2 heteroatoms. The van der Waals surface area contributed by atoms with Crippen LogP contribution in [0.4, 0.5) is 0 Å². The standard InChI is InChI=1S/C14H22N2/c1-12-10-6-5-7-11(10)13(2,16-15-12)14(12)8-3-4-9-14/h10-11H,3-9H2,1-2H3/t10-,11+,12-,13+. The van der Waals surface area contributed by atoms with Gasteiger partial charge in [0.15, 0.2) is 0 Å². The van der Waals surface area contributed by atoms with E-state index in [1.165, 1.54) is 44.9 Å². The van der Waals surface area contributed by atoms with Gasteiger partial charge in [-0.2, -0.15) is 10.2 Å². The van der Waals surface area contributed by atoms with Crippen molar-refractivity contribution in [3.8, 4) is 0 Å². The number of hydrogen-bond acceptors (Lipinski definition) is 2. The largest absolute Gasteiger partial charge is 0.186 e. The summed E-state index contributed by atoms with van der Waals surface area (Å²) in [4.78, 5) is 0. The molecule has 0 radical (unpaired) electrons. The molecule has 3 aliphatic carbocycles. The number of rotatable bonds is 0. The van der Waals surface area contributed by atoms with Crippen molar-refractivity contribution in [2.24, 2.45) is 27.5 Å². The van der Waals surface area contributed by atoms with Gasteiger partial charge in [-0.15, -0.1) is 0 Å². The fourth-order valence-corrected chi connectivity index (χ4v) is 6.07. The fraction of sp³-hybridized carbons (Fsp3) is 1.00.